The van der Waals surface area contributed by atoms with Crippen LogP contribution in [0, 0.1) is 13.8 Å². The van der Waals surface area contributed by atoms with Gasteiger partial charge in [-0.15, -0.1) is 0 Å². The van der Waals surface area contributed by atoms with Crippen molar-refractivity contribution in [1.29, 1.82) is 0 Å². The number of aryl methyl sites for hydroxylation is 2. The summed E-state index contributed by atoms with van der Waals surface area (Å²) in [7, 11) is 2.24. The van der Waals surface area contributed by atoms with Gasteiger partial charge in [-0.3, -0.25) is 9.80 Å². The minimum Gasteiger partial charge on any atom is -0.314 e. The first-order valence-corrected chi connectivity index (χ1v) is 9.06. The zero-order valence-electron chi connectivity index (χ0n) is 15.0. The number of hydrogen-bond donors (Lipinski definition) is 1. The summed E-state index contributed by atoms with van der Waals surface area (Å²) in [5.41, 5.74) is 4.34. The number of piperazine rings is 2. The van der Waals surface area contributed by atoms with Crippen molar-refractivity contribution >= 4 is 0 Å². The van der Waals surface area contributed by atoms with Crippen molar-refractivity contribution < 1.29 is 0 Å². The molecular formula is C19H32N4. The van der Waals surface area contributed by atoms with Crippen LogP contribution in [0.3, 0.4) is 0 Å². The third-order valence-corrected chi connectivity index (χ3v) is 5.40. The maximum atomic E-state index is 3.47. The normalized spacial score (nSPS) is 23.1. The fourth-order valence-corrected chi connectivity index (χ4v) is 3.88. The first-order valence-electron chi connectivity index (χ1n) is 9.06. The van der Waals surface area contributed by atoms with Crippen LogP contribution in [0.1, 0.15) is 22.7 Å². The Morgan fingerprint density at radius 2 is 1.70 bits per heavy atom. The van der Waals surface area contributed by atoms with E-state index >= 15 is 0 Å². The van der Waals surface area contributed by atoms with E-state index in [-0.39, 0.29) is 0 Å². The minimum absolute atomic E-state index is 0.530. The number of nitrogens with zero attached hydrogens (tertiary/aromatic N) is 3. The van der Waals surface area contributed by atoms with Crippen molar-refractivity contribution in [3.8, 4) is 0 Å². The van der Waals surface area contributed by atoms with E-state index in [9.17, 15) is 0 Å². The quantitative estimate of drug-likeness (QED) is 0.908. The molecule has 0 aliphatic carbocycles. The van der Waals surface area contributed by atoms with Gasteiger partial charge in [-0.2, -0.15) is 0 Å². The summed E-state index contributed by atoms with van der Waals surface area (Å²) in [4.78, 5) is 7.79. The number of benzene rings is 1. The lowest BCUT2D eigenvalue weighted by molar-refractivity contribution is 0.0813. The summed E-state index contributed by atoms with van der Waals surface area (Å²) in [5, 5.41) is 3.47. The maximum Gasteiger partial charge on any atom is 0.0478 e. The Hall–Kier alpha value is -0.940. The highest BCUT2D eigenvalue weighted by atomic mass is 15.3. The number of rotatable bonds is 4. The molecule has 23 heavy (non-hydrogen) atoms. The summed E-state index contributed by atoms with van der Waals surface area (Å²) in [6.45, 7) is 15.0. The maximum absolute atomic E-state index is 3.47. The standard InChI is InChI=1S/C19H32N4/c1-16-4-5-18(17(2)14-16)19(15-22-8-6-20-7-9-22)23-12-10-21(3)11-13-23/h4-5,14,19-20H,6-13,15H2,1-3H3. The van der Waals surface area contributed by atoms with E-state index in [1.807, 2.05) is 0 Å². The molecule has 1 aromatic rings. The van der Waals surface area contributed by atoms with Crippen LogP contribution < -0.4 is 5.32 Å². The van der Waals surface area contributed by atoms with Crippen molar-refractivity contribution in [3.05, 3.63) is 34.9 Å². The van der Waals surface area contributed by atoms with Gasteiger partial charge in [0.15, 0.2) is 0 Å². The molecule has 4 heteroatoms. The van der Waals surface area contributed by atoms with Crippen LogP contribution in [-0.4, -0.2) is 80.7 Å². The molecule has 0 radical (unpaired) electrons. The molecule has 1 aromatic carbocycles. The lowest BCUT2D eigenvalue weighted by atomic mass is 9.96. The number of nitrogens with one attached hydrogen (secondary N) is 1. The minimum atomic E-state index is 0.530. The lowest BCUT2D eigenvalue weighted by Crippen LogP contribution is -2.51. The summed E-state index contributed by atoms with van der Waals surface area (Å²) >= 11 is 0. The fourth-order valence-electron chi connectivity index (χ4n) is 3.88. The molecule has 3 rings (SSSR count). The van der Waals surface area contributed by atoms with Gasteiger partial charge in [0.2, 0.25) is 0 Å². The molecular weight excluding hydrogens is 284 g/mol. The highest BCUT2D eigenvalue weighted by molar-refractivity contribution is 5.33. The highest BCUT2D eigenvalue weighted by Gasteiger charge is 2.27. The van der Waals surface area contributed by atoms with Gasteiger partial charge in [0.1, 0.15) is 0 Å². The predicted molar refractivity (Wildman–Crippen MR) is 97.0 cm³/mol. The third-order valence-electron chi connectivity index (χ3n) is 5.40. The monoisotopic (exact) mass is 316 g/mol. The molecule has 0 saturated carbocycles. The summed E-state index contributed by atoms with van der Waals surface area (Å²) in [6.07, 6.45) is 0. The van der Waals surface area contributed by atoms with Crippen LogP contribution in [-0.2, 0) is 0 Å². The average Bonchev–Trinajstić information content (AvgIpc) is 2.55. The van der Waals surface area contributed by atoms with Gasteiger partial charge in [-0.05, 0) is 32.0 Å². The Labute approximate surface area is 141 Å². The second-order valence-corrected chi connectivity index (χ2v) is 7.27. The zero-order valence-corrected chi connectivity index (χ0v) is 15.0. The Kier molecular flexibility index (Phi) is 5.70. The van der Waals surface area contributed by atoms with E-state index in [1.54, 1.807) is 0 Å². The molecule has 128 valence electrons. The average molecular weight is 316 g/mol. The van der Waals surface area contributed by atoms with Gasteiger partial charge < -0.3 is 10.2 Å². The highest BCUT2D eigenvalue weighted by Crippen LogP contribution is 2.27. The third kappa shape index (κ3) is 4.32. The summed E-state index contributed by atoms with van der Waals surface area (Å²) < 4.78 is 0. The van der Waals surface area contributed by atoms with Crippen LogP contribution in [0.2, 0.25) is 0 Å². The largest absolute Gasteiger partial charge is 0.314 e. The first-order chi connectivity index (χ1) is 11.1. The first kappa shape index (κ1) is 16.9. The molecule has 1 N–H and O–H groups in total. The fraction of sp³-hybridized carbons (Fsp3) is 0.684. The molecule has 0 bridgehead atoms. The van der Waals surface area contributed by atoms with Gasteiger partial charge in [-0.25, -0.2) is 0 Å². The molecule has 0 spiro atoms. The second kappa shape index (κ2) is 7.75. The van der Waals surface area contributed by atoms with Crippen LogP contribution in [0.5, 0.6) is 0 Å². The summed E-state index contributed by atoms with van der Waals surface area (Å²) in [6, 6.07) is 7.53. The van der Waals surface area contributed by atoms with E-state index in [0.29, 0.717) is 6.04 Å². The van der Waals surface area contributed by atoms with Crippen LogP contribution in [0.15, 0.2) is 18.2 Å². The number of hydrogen-bond acceptors (Lipinski definition) is 4. The number of likely N-dealkylation sites (N-methyl/N-ethyl adjacent to an activating group) is 1. The molecule has 1 unspecified atom stereocenters. The smallest absolute Gasteiger partial charge is 0.0478 e. The molecule has 2 aliphatic rings. The molecule has 2 fully saturated rings. The molecule has 2 aliphatic heterocycles. The molecule has 1 atom stereocenters. The van der Waals surface area contributed by atoms with Crippen LogP contribution in [0.25, 0.3) is 0 Å². The summed E-state index contributed by atoms with van der Waals surface area (Å²) in [5.74, 6) is 0. The molecule has 4 nitrogen and oxygen atoms in total. The second-order valence-electron chi connectivity index (χ2n) is 7.27. The Balaban J connectivity index is 1.79. The van der Waals surface area contributed by atoms with Gasteiger partial charge in [0.25, 0.3) is 0 Å². The van der Waals surface area contributed by atoms with Crippen molar-refractivity contribution in [2.75, 3.05) is 66.0 Å². The van der Waals surface area contributed by atoms with Crippen molar-refractivity contribution in [2.24, 2.45) is 0 Å². The topological polar surface area (TPSA) is 21.8 Å². The molecule has 2 saturated heterocycles. The molecule has 0 aromatic heterocycles. The Morgan fingerprint density at radius 1 is 1.00 bits per heavy atom. The van der Waals surface area contributed by atoms with Gasteiger partial charge in [0, 0.05) is 64.9 Å². The van der Waals surface area contributed by atoms with Gasteiger partial charge >= 0.3 is 0 Å². The van der Waals surface area contributed by atoms with Crippen molar-refractivity contribution in [2.45, 2.75) is 19.9 Å². The lowest BCUT2D eigenvalue weighted by Gasteiger charge is -2.41. The van der Waals surface area contributed by atoms with E-state index in [0.717, 1.165) is 19.6 Å². The Bertz CT molecular complexity index is 502. The van der Waals surface area contributed by atoms with Crippen molar-refractivity contribution in [3.63, 3.8) is 0 Å². The van der Waals surface area contributed by atoms with Crippen LogP contribution >= 0.6 is 0 Å². The van der Waals surface area contributed by atoms with Crippen molar-refractivity contribution in [1.82, 2.24) is 20.0 Å². The van der Waals surface area contributed by atoms with E-state index in [4.69, 9.17) is 0 Å². The van der Waals surface area contributed by atoms with E-state index < -0.39 is 0 Å². The molecule has 0 amide bonds. The Morgan fingerprint density at radius 3 is 2.35 bits per heavy atom. The molecule has 2 heterocycles. The van der Waals surface area contributed by atoms with E-state index in [2.05, 4.69) is 59.1 Å². The zero-order chi connectivity index (χ0) is 16.2. The SMILES string of the molecule is Cc1ccc(C(CN2CCNCC2)N2CCN(C)CC2)c(C)c1. The predicted octanol–water partition coefficient (Wildman–Crippen LogP) is 1.50. The van der Waals surface area contributed by atoms with E-state index in [1.165, 1.54) is 56.0 Å². The van der Waals surface area contributed by atoms with Gasteiger partial charge in [0.05, 0.1) is 0 Å². The van der Waals surface area contributed by atoms with Crippen LogP contribution in [0.4, 0.5) is 0 Å². The van der Waals surface area contributed by atoms with Gasteiger partial charge in [-0.1, -0.05) is 23.8 Å².